The Bertz CT molecular complexity index is 5950. The molecule has 0 N–H and O–H groups in total. The molecule has 0 saturated carbocycles. The van der Waals surface area contributed by atoms with Crippen LogP contribution in [0.2, 0.25) is 0 Å². The summed E-state index contributed by atoms with van der Waals surface area (Å²) in [4.78, 5) is 30.3. The van der Waals surface area contributed by atoms with Crippen LogP contribution in [0.25, 0.3) is 157 Å². The zero-order chi connectivity index (χ0) is 73.7. The fourth-order valence-corrected chi connectivity index (χ4v) is 16.0. The average molecular weight is 1390 g/mol. The van der Waals surface area contributed by atoms with Gasteiger partial charge in [0.2, 0.25) is 0 Å². The van der Waals surface area contributed by atoms with E-state index in [1.165, 1.54) is 94.6 Å². The predicted molar refractivity (Wildman–Crippen MR) is 448 cm³/mol. The Balaban J connectivity index is 0.000000158. The van der Waals surface area contributed by atoms with Gasteiger partial charge in [0.1, 0.15) is 0 Å². The molecule has 6 nitrogen and oxygen atoms in total. The standard InChI is InChI=1S/2C51H41N3/c1-50(2)44-29-17-28-41(34-18-8-5-9-19-34)46(44)43-31-30-38(33-45(43)51(50,3)4)37-24-16-25-39(32-37)40-26-14-15-27-42(40)49-53-47(35-20-10-6-11-21-35)52-48(54-49)36-22-12-7-13-23-36;1-50(2)45-30-28-41(40-22-14-21-39(31-40)35-17-10-6-11-18-35)32-44(45)43-29-27-42(33-46(43)51(50,3)4)49-53-47(37-19-12-7-13-20-37)52-48(54-49)38-25-23-36(24-26-38)34-15-8-5-9-16-34/h2*5-33H,1-4H3. The van der Waals surface area contributed by atoms with E-state index < -0.39 is 0 Å². The fraction of sp³-hybridized carbons (Fsp3) is 0.118. The molecule has 0 saturated heterocycles. The van der Waals surface area contributed by atoms with Crippen molar-refractivity contribution in [2.24, 2.45) is 0 Å². The van der Waals surface area contributed by atoms with Gasteiger partial charge in [-0.2, -0.15) is 0 Å². The topological polar surface area (TPSA) is 77.3 Å². The van der Waals surface area contributed by atoms with Gasteiger partial charge >= 0.3 is 0 Å². The van der Waals surface area contributed by atoms with E-state index in [0.29, 0.717) is 34.9 Å². The highest BCUT2D eigenvalue weighted by molar-refractivity contribution is 5.93. The Morgan fingerprint density at radius 3 is 0.981 bits per heavy atom. The summed E-state index contributed by atoms with van der Waals surface area (Å²) >= 11 is 0. The van der Waals surface area contributed by atoms with Crippen molar-refractivity contribution in [1.29, 1.82) is 0 Å². The average Bonchev–Trinajstić information content (AvgIpc) is 0.710. The van der Waals surface area contributed by atoms with Crippen molar-refractivity contribution in [2.75, 3.05) is 0 Å². The maximum absolute atomic E-state index is 5.14. The second kappa shape index (κ2) is 27.9. The lowest BCUT2D eigenvalue weighted by atomic mass is 9.54. The third-order valence-electron chi connectivity index (χ3n) is 23.4. The first-order valence-corrected chi connectivity index (χ1v) is 37.4. The van der Waals surface area contributed by atoms with Crippen molar-refractivity contribution in [3.63, 3.8) is 0 Å². The van der Waals surface area contributed by atoms with E-state index in [1.807, 2.05) is 84.9 Å². The molecule has 14 aromatic carbocycles. The van der Waals surface area contributed by atoms with E-state index in [-0.39, 0.29) is 21.7 Å². The van der Waals surface area contributed by atoms with Crippen molar-refractivity contribution >= 4 is 0 Å². The molecule has 0 aliphatic heterocycles. The number of aromatic nitrogens is 6. The van der Waals surface area contributed by atoms with Crippen molar-refractivity contribution in [3.05, 3.63) is 374 Å². The lowest BCUT2D eigenvalue weighted by Gasteiger charge is -2.49. The summed E-state index contributed by atoms with van der Waals surface area (Å²) in [5.74, 6) is 3.93. The second-order valence-electron chi connectivity index (χ2n) is 30.6. The van der Waals surface area contributed by atoms with E-state index in [0.717, 1.165) is 50.1 Å². The molecule has 0 unspecified atom stereocenters. The summed E-state index contributed by atoms with van der Waals surface area (Å²) in [6.07, 6.45) is 0. The van der Waals surface area contributed by atoms with Crippen LogP contribution in [0.1, 0.15) is 77.6 Å². The van der Waals surface area contributed by atoms with Crippen molar-refractivity contribution in [2.45, 2.75) is 77.0 Å². The van der Waals surface area contributed by atoms with E-state index in [4.69, 9.17) is 29.9 Å². The molecular weight excluding hydrogens is 1310 g/mol. The molecule has 0 radical (unpaired) electrons. The summed E-state index contributed by atoms with van der Waals surface area (Å²) in [7, 11) is 0. The largest absolute Gasteiger partial charge is 0.208 e. The summed E-state index contributed by atoms with van der Waals surface area (Å²) < 4.78 is 0. The highest BCUT2D eigenvalue weighted by atomic mass is 15.0. The maximum Gasteiger partial charge on any atom is 0.164 e. The third kappa shape index (κ3) is 12.5. The van der Waals surface area contributed by atoms with Crippen LogP contribution in [-0.2, 0) is 21.7 Å². The summed E-state index contributed by atoms with van der Waals surface area (Å²) in [5.41, 5.74) is 30.2. The van der Waals surface area contributed by atoms with Crippen molar-refractivity contribution < 1.29 is 0 Å². The molecule has 0 atom stereocenters. The molecule has 0 amide bonds. The quantitative estimate of drug-likeness (QED) is 0.121. The maximum atomic E-state index is 5.14. The van der Waals surface area contributed by atoms with Gasteiger partial charge < -0.3 is 0 Å². The van der Waals surface area contributed by atoms with Gasteiger partial charge in [-0.3, -0.25) is 0 Å². The number of nitrogens with zero attached hydrogens (tertiary/aromatic N) is 6. The van der Waals surface area contributed by atoms with Gasteiger partial charge in [-0.25, -0.2) is 29.9 Å². The monoisotopic (exact) mass is 1390 g/mol. The number of rotatable bonds is 12. The first-order chi connectivity index (χ1) is 52.6. The molecule has 0 bridgehead atoms. The number of hydrogen-bond acceptors (Lipinski definition) is 6. The molecular formula is C102H82N6. The Morgan fingerprint density at radius 1 is 0.148 bits per heavy atom. The molecule has 2 heterocycles. The minimum atomic E-state index is -0.175. The number of hydrogen-bond donors (Lipinski definition) is 0. The molecule has 520 valence electrons. The Labute approximate surface area is 634 Å². The van der Waals surface area contributed by atoms with Crippen LogP contribution < -0.4 is 0 Å². The molecule has 2 aliphatic rings. The van der Waals surface area contributed by atoms with E-state index in [1.54, 1.807) is 0 Å². The minimum absolute atomic E-state index is 0.0960. The molecule has 2 aromatic heterocycles. The van der Waals surface area contributed by atoms with Crippen LogP contribution >= 0.6 is 0 Å². The SMILES string of the molecule is CC1(C)c2cc(-c3cccc(-c4ccccc4-c4nc(-c5ccccc5)nc(-c5ccccc5)n4)c3)ccc2-c2c(-c3ccccc3)cccc2C1(C)C.CC1(C)c2ccc(-c3cccc(-c4ccccc4)c3)cc2-c2ccc(-c3nc(-c4ccccc4)nc(-c4ccc(-c5ccccc5)cc4)n3)cc2C1(C)C. The number of fused-ring (bicyclic) bond motifs is 6. The lowest BCUT2D eigenvalue weighted by Crippen LogP contribution is -2.43. The second-order valence-corrected chi connectivity index (χ2v) is 30.6. The first-order valence-electron chi connectivity index (χ1n) is 37.4. The van der Waals surface area contributed by atoms with E-state index >= 15 is 0 Å². The highest BCUT2D eigenvalue weighted by Gasteiger charge is 2.48. The van der Waals surface area contributed by atoms with Crippen LogP contribution in [0, 0.1) is 0 Å². The minimum Gasteiger partial charge on any atom is -0.208 e. The zero-order valence-electron chi connectivity index (χ0n) is 62.2. The molecule has 2 aliphatic carbocycles. The zero-order valence-corrected chi connectivity index (χ0v) is 62.2. The van der Waals surface area contributed by atoms with Gasteiger partial charge in [0, 0.05) is 33.4 Å². The molecule has 18 rings (SSSR count). The predicted octanol–water partition coefficient (Wildman–Crippen LogP) is 26.2. The first kappa shape index (κ1) is 68.2. The summed E-state index contributed by atoms with van der Waals surface area (Å²) in [6.45, 7) is 19.1. The van der Waals surface area contributed by atoms with Crippen molar-refractivity contribution in [3.8, 4) is 157 Å². The third-order valence-corrected chi connectivity index (χ3v) is 23.4. The van der Waals surface area contributed by atoms with Gasteiger partial charge in [-0.15, -0.1) is 0 Å². The smallest absolute Gasteiger partial charge is 0.164 e. The van der Waals surface area contributed by atoms with Gasteiger partial charge in [0.25, 0.3) is 0 Å². The molecule has 0 spiro atoms. The fourth-order valence-electron chi connectivity index (χ4n) is 16.0. The van der Waals surface area contributed by atoms with Gasteiger partial charge in [-0.1, -0.05) is 377 Å². The molecule has 108 heavy (non-hydrogen) atoms. The Morgan fingerprint density at radius 2 is 0.444 bits per heavy atom. The summed E-state index contributed by atoms with van der Waals surface area (Å²) in [5, 5.41) is 0. The normalized spacial score (nSPS) is 13.9. The van der Waals surface area contributed by atoms with Gasteiger partial charge in [0.15, 0.2) is 34.9 Å². The lowest BCUT2D eigenvalue weighted by molar-refractivity contribution is 0.299. The van der Waals surface area contributed by atoms with Crippen LogP contribution in [0.15, 0.2) is 352 Å². The Kier molecular flexibility index (Phi) is 17.6. The number of benzene rings is 14. The van der Waals surface area contributed by atoms with Gasteiger partial charge in [0.05, 0.1) is 0 Å². The van der Waals surface area contributed by atoms with E-state index in [9.17, 15) is 0 Å². The highest BCUT2D eigenvalue weighted by Crippen LogP contribution is 2.58. The van der Waals surface area contributed by atoms with Crippen LogP contribution in [0.4, 0.5) is 0 Å². The molecule has 0 fully saturated rings. The van der Waals surface area contributed by atoms with E-state index in [2.05, 4.69) is 322 Å². The van der Waals surface area contributed by atoms with Crippen molar-refractivity contribution in [1.82, 2.24) is 29.9 Å². The van der Waals surface area contributed by atoms with Crippen LogP contribution in [-0.4, -0.2) is 29.9 Å². The molecule has 6 heteroatoms. The van der Waals surface area contributed by atoms with Crippen LogP contribution in [0.5, 0.6) is 0 Å². The van der Waals surface area contributed by atoms with Gasteiger partial charge in [-0.05, 0) is 163 Å². The Hall–Kier alpha value is -12.9. The van der Waals surface area contributed by atoms with Crippen LogP contribution in [0.3, 0.4) is 0 Å². The molecule has 16 aromatic rings. The summed E-state index contributed by atoms with van der Waals surface area (Å²) in [6, 6.07) is 125.